The van der Waals surface area contributed by atoms with E-state index in [1.807, 2.05) is 13.8 Å². The van der Waals surface area contributed by atoms with E-state index < -0.39 is 16.9 Å². The van der Waals surface area contributed by atoms with Crippen molar-refractivity contribution in [2.45, 2.75) is 45.7 Å². The van der Waals surface area contributed by atoms with Gasteiger partial charge in [0.05, 0.1) is 4.92 Å². The number of carbonyl (C=O) groups is 1. The number of carboxylic acids is 1. The van der Waals surface area contributed by atoms with Crippen LogP contribution in [0.25, 0.3) is 0 Å². The fourth-order valence-electron chi connectivity index (χ4n) is 2.22. The molecule has 1 unspecified atom stereocenters. The predicted molar refractivity (Wildman–Crippen MR) is 71.8 cm³/mol. The van der Waals surface area contributed by atoms with E-state index in [0.29, 0.717) is 0 Å². The highest BCUT2D eigenvalue weighted by atomic mass is 16.6. The van der Waals surface area contributed by atoms with Gasteiger partial charge in [-0.3, -0.25) is 10.1 Å². The van der Waals surface area contributed by atoms with Gasteiger partial charge in [0.1, 0.15) is 11.7 Å². The van der Waals surface area contributed by atoms with Crippen LogP contribution in [0.2, 0.25) is 0 Å². The average molecular weight is 282 g/mol. The molecule has 1 atom stereocenters. The van der Waals surface area contributed by atoms with Gasteiger partial charge in [0.25, 0.3) is 0 Å². The molecule has 2 N–H and O–H groups in total. The minimum absolute atomic E-state index is 0.0305. The Morgan fingerprint density at radius 3 is 2.55 bits per heavy atom. The smallest absolute Gasteiger partial charge is 0.333 e. The fourth-order valence-corrected chi connectivity index (χ4v) is 2.22. The second-order valence-corrected chi connectivity index (χ2v) is 5.38. The van der Waals surface area contributed by atoms with Crippen molar-refractivity contribution < 1.29 is 14.8 Å². The number of hydrogen-bond acceptors (Lipinski definition) is 5. The Labute approximate surface area is 115 Å². The second-order valence-electron chi connectivity index (χ2n) is 5.38. The monoisotopic (exact) mass is 282 g/mol. The Kier molecular flexibility index (Phi) is 3.65. The summed E-state index contributed by atoms with van der Waals surface area (Å²) < 4.78 is 1.48. The molecule has 8 nitrogen and oxygen atoms in total. The first-order chi connectivity index (χ1) is 9.32. The van der Waals surface area contributed by atoms with E-state index in [1.165, 1.54) is 4.68 Å². The zero-order valence-electron chi connectivity index (χ0n) is 11.7. The summed E-state index contributed by atoms with van der Waals surface area (Å²) in [5, 5.41) is 27.4. The first-order valence-electron chi connectivity index (χ1n) is 6.55. The number of hydrogen-bond donors (Lipinski definition) is 2. The molecule has 0 aromatic carbocycles. The summed E-state index contributed by atoms with van der Waals surface area (Å²) in [6.07, 6.45) is 1.65. The maximum atomic E-state index is 11.3. The summed E-state index contributed by atoms with van der Waals surface area (Å²) in [6, 6.07) is -0.902. The first-order valence-corrected chi connectivity index (χ1v) is 6.55. The molecule has 0 amide bonds. The van der Waals surface area contributed by atoms with Gasteiger partial charge in [0.15, 0.2) is 0 Å². The van der Waals surface area contributed by atoms with Gasteiger partial charge in [-0.1, -0.05) is 0 Å². The third-order valence-corrected chi connectivity index (χ3v) is 3.38. The molecule has 1 fully saturated rings. The molecule has 1 saturated carbocycles. The molecule has 1 aliphatic rings. The van der Waals surface area contributed by atoms with E-state index >= 15 is 0 Å². The summed E-state index contributed by atoms with van der Waals surface area (Å²) >= 11 is 0. The summed E-state index contributed by atoms with van der Waals surface area (Å²) in [5.41, 5.74) is 0.136. The van der Waals surface area contributed by atoms with Gasteiger partial charge in [-0.15, -0.1) is 0 Å². The van der Waals surface area contributed by atoms with E-state index in [4.69, 9.17) is 0 Å². The molecule has 1 aromatic rings. The molecule has 0 saturated heterocycles. The largest absolute Gasteiger partial charge is 0.480 e. The van der Waals surface area contributed by atoms with Crippen LogP contribution in [-0.2, 0) is 4.79 Å². The maximum Gasteiger partial charge on any atom is 0.333 e. The number of nitrogens with one attached hydrogen (secondary N) is 1. The molecular weight excluding hydrogens is 264 g/mol. The van der Waals surface area contributed by atoms with E-state index in [2.05, 4.69) is 10.4 Å². The lowest BCUT2D eigenvalue weighted by atomic mass is 10.2. The predicted octanol–water partition coefficient (Wildman–Crippen LogP) is 1.96. The lowest BCUT2D eigenvalue weighted by Gasteiger charge is -2.17. The van der Waals surface area contributed by atoms with Crippen LogP contribution in [0.4, 0.5) is 11.5 Å². The fraction of sp³-hybridized carbons (Fsp3) is 0.667. The maximum absolute atomic E-state index is 11.3. The van der Waals surface area contributed by atoms with Gasteiger partial charge in [-0.25, -0.2) is 9.48 Å². The Balaban J connectivity index is 2.42. The van der Waals surface area contributed by atoms with Gasteiger partial charge in [0, 0.05) is 6.04 Å². The number of anilines is 1. The topological polar surface area (TPSA) is 110 Å². The molecule has 1 aliphatic carbocycles. The summed E-state index contributed by atoms with van der Waals surface area (Å²) in [5.74, 6) is -0.777. The number of rotatable bonds is 6. The Morgan fingerprint density at radius 2 is 2.15 bits per heavy atom. The van der Waals surface area contributed by atoms with Crippen LogP contribution in [0, 0.1) is 23.0 Å². The highest BCUT2D eigenvalue weighted by molar-refractivity contribution is 5.79. The van der Waals surface area contributed by atoms with Crippen molar-refractivity contribution in [1.29, 1.82) is 0 Å². The van der Waals surface area contributed by atoms with Crippen LogP contribution in [0.5, 0.6) is 0 Å². The van der Waals surface area contributed by atoms with Crippen molar-refractivity contribution in [1.82, 2.24) is 9.78 Å². The van der Waals surface area contributed by atoms with Gasteiger partial charge in [0.2, 0.25) is 5.82 Å². The van der Waals surface area contributed by atoms with Gasteiger partial charge >= 0.3 is 11.7 Å². The van der Waals surface area contributed by atoms with Crippen molar-refractivity contribution >= 4 is 17.5 Å². The highest BCUT2D eigenvalue weighted by Gasteiger charge is 2.39. The standard InChI is InChI=1S/C12H18N4O4/c1-6(2)15-11(10(16(19)20)7(3)14-15)13-9(12(17)18)8-4-5-8/h6,8-9,13H,4-5H2,1-3H3,(H,17,18). The number of aliphatic carboxylic acids is 1. The molecule has 20 heavy (non-hydrogen) atoms. The zero-order chi connectivity index (χ0) is 15.0. The number of aromatic nitrogens is 2. The SMILES string of the molecule is Cc1nn(C(C)C)c(NC(C(=O)O)C2CC2)c1[N+](=O)[O-]. The third kappa shape index (κ3) is 2.59. The van der Waals surface area contributed by atoms with Crippen LogP contribution in [0.3, 0.4) is 0 Å². The van der Waals surface area contributed by atoms with Crippen LogP contribution in [-0.4, -0.2) is 31.8 Å². The molecule has 0 bridgehead atoms. The van der Waals surface area contributed by atoms with Crippen LogP contribution >= 0.6 is 0 Å². The molecule has 2 rings (SSSR count). The average Bonchev–Trinajstić information content (AvgIpc) is 3.09. The molecule has 1 heterocycles. The number of carboxylic acid groups (broad SMARTS) is 1. The van der Waals surface area contributed by atoms with Gasteiger partial charge in [-0.05, 0) is 39.5 Å². The lowest BCUT2D eigenvalue weighted by molar-refractivity contribution is -0.384. The number of nitro groups is 1. The van der Waals surface area contributed by atoms with Gasteiger partial charge < -0.3 is 10.4 Å². The summed E-state index contributed by atoms with van der Waals surface area (Å²) in [7, 11) is 0. The quantitative estimate of drug-likeness (QED) is 0.609. The van der Waals surface area contributed by atoms with Crippen molar-refractivity contribution in [2.75, 3.05) is 5.32 Å². The Hall–Kier alpha value is -2.12. The minimum Gasteiger partial charge on any atom is -0.480 e. The lowest BCUT2D eigenvalue weighted by Crippen LogP contribution is -2.32. The molecule has 0 spiro atoms. The molecular formula is C12H18N4O4. The number of nitrogens with zero attached hydrogens (tertiary/aromatic N) is 3. The van der Waals surface area contributed by atoms with Crippen LogP contribution < -0.4 is 5.32 Å². The summed E-state index contributed by atoms with van der Waals surface area (Å²) in [6.45, 7) is 5.23. The van der Waals surface area contributed by atoms with Crippen molar-refractivity contribution in [3.63, 3.8) is 0 Å². The van der Waals surface area contributed by atoms with Crippen LogP contribution in [0.1, 0.15) is 38.4 Å². The summed E-state index contributed by atoms with van der Waals surface area (Å²) in [4.78, 5) is 22.0. The third-order valence-electron chi connectivity index (χ3n) is 3.38. The molecule has 8 heteroatoms. The molecule has 0 aliphatic heterocycles. The Bertz CT molecular complexity index is 548. The van der Waals surface area contributed by atoms with E-state index in [-0.39, 0.29) is 29.2 Å². The number of aryl methyl sites for hydroxylation is 1. The first kappa shape index (κ1) is 14.3. The van der Waals surface area contributed by atoms with E-state index in [9.17, 15) is 20.0 Å². The Morgan fingerprint density at radius 1 is 1.55 bits per heavy atom. The van der Waals surface area contributed by atoms with Crippen molar-refractivity contribution in [3.05, 3.63) is 15.8 Å². The van der Waals surface area contributed by atoms with E-state index in [1.54, 1.807) is 6.92 Å². The van der Waals surface area contributed by atoms with Crippen LogP contribution in [0.15, 0.2) is 0 Å². The molecule has 110 valence electrons. The highest BCUT2D eigenvalue weighted by Crippen LogP contribution is 2.37. The minimum atomic E-state index is -0.990. The van der Waals surface area contributed by atoms with E-state index in [0.717, 1.165) is 12.8 Å². The normalized spacial score (nSPS) is 16.2. The van der Waals surface area contributed by atoms with Gasteiger partial charge in [-0.2, -0.15) is 5.10 Å². The molecule has 1 aromatic heterocycles. The van der Waals surface area contributed by atoms with Crippen molar-refractivity contribution in [2.24, 2.45) is 5.92 Å². The molecule has 0 radical (unpaired) electrons. The zero-order valence-corrected chi connectivity index (χ0v) is 11.7. The second kappa shape index (κ2) is 5.10. The van der Waals surface area contributed by atoms with Crippen molar-refractivity contribution in [3.8, 4) is 0 Å².